The third kappa shape index (κ3) is 4.41. The van der Waals surface area contributed by atoms with Gasteiger partial charge in [-0.15, -0.1) is 11.3 Å². The van der Waals surface area contributed by atoms with Gasteiger partial charge >= 0.3 is 0 Å². The molecule has 0 saturated heterocycles. The lowest BCUT2D eigenvalue weighted by molar-refractivity contribution is -0.111. The van der Waals surface area contributed by atoms with Gasteiger partial charge in [-0.05, 0) is 42.5 Å². The van der Waals surface area contributed by atoms with Crippen LogP contribution in [-0.4, -0.2) is 27.8 Å². The van der Waals surface area contributed by atoms with Crippen LogP contribution in [0.4, 0.5) is 5.13 Å². The maximum Gasteiger partial charge on any atom is 0.250 e. The van der Waals surface area contributed by atoms with Crippen LogP contribution in [0.1, 0.15) is 5.56 Å². The fourth-order valence-corrected chi connectivity index (χ4v) is 3.33. The molecule has 0 fully saturated rings. The molecular weight excluding hydrogens is 384 g/mol. The lowest BCUT2D eigenvalue weighted by Gasteiger charge is -2.02. The number of rotatable bonds is 6. The summed E-state index contributed by atoms with van der Waals surface area (Å²) in [6, 6.07) is 17.5. The summed E-state index contributed by atoms with van der Waals surface area (Å²) < 4.78 is 7.04. The van der Waals surface area contributed by atoms with E-state index in [1.165, 1.54) is 17.4 Å². The number of para-hydroxylation sites is 1. The Morgan fingerprint density at radius 2 is 1.93 bits per heavy atom. The SMILES string of the molecule is COc1ccc(-c2nn(-c3ccccc3)cc2/C=C/C(=O)Nc2nccs2)cc1. The van der Waals surface area contributed by atoms with Crippen LogP contribution in [0, 0.1) is 0 Å². The molecule has 0 spiro atoms. The Labute approximate surface area is 172 Å². The molecule has 0 unspecified atom stereocenters. The summed E-state index contributed by atoms with van der Waals surface area (Å²) in [6.07, 6.45) is 6.80. The van der Waals surface area contributed by atoms with Crippen LogP contribution in [0.3, 0.4) is 0 Å². The quantitative estimate of drug-likeness (QED) is 0.477. The Morgan fingerprint density at radius 3 is 2.62 bits per heavy atom. The fraction of sp³-hybridized carbons (Fsp3) is 0.0455. The zero-order valence-corrected chi connectivity index (χ0v) is 16.5. The maximum atomic E-state index is 12.2. The molecule has 2 heterocycles. The highest BCUT2D eigenvalue weighted by molar-refractivity contribution is 7.13. The lowest BCUT2D eigenvalue weighted by Crippen LogP contribution is -2.07. The van der Waals surface area contributed by atoms with E-state index in [1.807, 2.05) is 66.2 Å². The molecule has 1 amide bonds. The number of anilines is 1. The number of nitrogens with zero attached hydrogens (tertiary/aromatic N) is 3. The van der Waals surface area contributed by atoms with Gasteiger partial charge in [-0.1, -0.05) is 18.2 Å². The minimum atomic E-state index is -0.243. The van der Waals surface area contributed by atoms with Crippen molar-refractivity contribution < 1.29 is 9.53 Å². The number of carbonyl (C=O) groups is 1. The minimum Gasteiger partial charge on any atom is -0.497 e. The Morgan fingerprint density at radius 1 is 1.14 bits per heavy atom. The molecule has 0 aliphatic carbocycles. The van der Waals surface area contributed by atoms with E-state index in [9.17, 15) is 4.79 Å². The van der Waals surface area contributed by atoms with Gasteiger partial charge in [-0.3, -0.25) is 10.1 Å². The molecule has 0 aliphatic rings. The summed E-state index contributed by atoms with van der Waals surface area (Å²) in [5.74, 6) is 0.532. The molecule has 0 bridgehead atoms. The summed E-state index contributed by atoms with van der Waals surface area (Å²) in [6.45, 7) is 0. The van der Waals surface area contributed by atoms with Gasteiger partial charge in [0.1, 0.15) is 5.75 Å². The van der Waals surface area contributed by atoms with E-state index < -0.39 is 0 Å². The minimum absolute atomic E-state index is 0.243. The molecule has 7 heteroatoms. The summed E-state index contributed by atoms with van der Waals surface area (Å²) in [5, 5.41) is 9.86. The summed E-state index contributed by atoms with van der Waals surface area (Å²) in [7, 11) is 1.63. The number of thiazole rings is 1. The van der Waals surface area contributed by atoms with E-state index in [2.05, 4.69) is 10.3 Å². The molecule has 0 atom stereocenters. The zero-order chi connectivity index (χ0) is 20.1. The third-order valence-electron chi connectivity index (χ3n) is 4.20. The van der Waals surface area contributed by atoms with Crippen molar-refractivity contribution in [1.29, 1.82) is 0 Å². The van der Waals surface area contributed by atoms with Gasteiger partial charge in [-0.25, -0.2) is 9.67 Å². The Kier molecular flexibility index (Phi) is 5.49. The topological polar surface area (TPSA) is 69.0 Å². The lowest BCUT2D eigenvalue weighted by atomic mass is 10.1. The average Bonchev–Trinajstić information content (AvgIpc) is 3.43. The van der Waals surface area contributed by atoms with Gasteiger partial charge in [0, 0.05) is 35.0 Å². The second-order valence-corrected chi connectivity index (χ2v) is 7.00. The third-order valence-corrected chi connectivity index (χ3v) is 4.89. The monoisotopic (exact) mass is 402 g/mol. The van der Waals surface area contributed by atoms with Crippen molar-refractivity contribution >= 4 is 28.5 Å². The Balaban J connectivity index is 1.67. The smallest absolute Gasteiger partial charge is 0.250 e. The van der Waals surface area contributed by atoms with Crippen LogP contribution in [0.5, 0.6) is 5.75 Å². The van der Waals surface area contributed by atoms with Gasteiger partial charge in [0.25, 0.3) is 0 Å². The Hall–Kier alpha value is -3.71. The Bertz CT molecular complexity index is 1120. The van der Waals surface area contributed by atoms with Gasteiger partial charge in [0.15, 0.2) is 5.13 Å². The molecule has 6 nitrogen and oxygen atoms in total. The summed E-state index contributed by atoms with van der Waals surface area (Å²) in [4.78, 5) is 16.3. The van der Waals surface area contributed by atoms with Gasteiger partial charge in [0.05, 0.1) is 18.5 Å². The number of aromatic nitrogens is 3. The molecular formula is C22H18N4O2S. The molecule has 0 aliphatic heterocycles. The van der Waals surface area contributed by atoms with Crippen LogP contribution in [-0.2, 0) is 4.79 Å². The van der Waals surface area contributed by atoms with E-state index in [-0.39, 0.29) is 5.91 Å². The maximum absolute atomic E-state index is 12.2. The van der Waals surface area contributed by atoms with Crippen molar-refractivity contribution in [3.05, 3.63) is 84.0 Å². The van der Waals surface area contributed by atoms with Crippen LogP contribution in [0.15, 0.2) is 78.4 Å². The average molecular weight is 402 g/mol. The van der Waals surface area contributed by atoms with Gasteiger partial charge < -0.3 is 4.74 Å². The highest BCUT2D eigenvalue weighted by atomic mass is 32.1. The number of nitrogens with one attached hydrogen (secondary N) is 1. The zero-order valence-electron chi connectivity index (χ0n) is 15.6. The number of amides is 1. The normalized spacial score (nSPS) is 10.9. The molecule has 2 aromatic heterocycles. The molecule has 144 valence electrons. The van der Waals surface area contributed by atoms with Crippen LogP contribution in [0.2, 0.25) is 0 Å². The van der Waals surface area contributed by atoms with E-state index in [4.69, 9.17) is 9.84 Å². The number of ether oxygens (including phenoxy) is 1. The fourth-order valence-electron chi connectivity index (χ4n) is 2.79. The van der Waals surface area contributed by atoms with Crippen molar-refractivity contribution in [1.82, 2.24) is 14.8 Å². The summed E-state index contributed by atoms with van der Waals surface area (Å²) in [5.41, 5.74) is 3.47. The van der Waals surface area contributed by atoms with E-state index in [0.29, 0.717) is 5.13 Å². The number of methoxy groups -OCH3 is 1. The van der Waals surface area contributed by atoms with Crippen molar-refractivity contribution in [3.63, 3.8) is 0 Å². The molecule has 0 saturated carbocycles. The first-order valence-electron chi connectivity index (χ1n) is 8.91. The van der Waals surface area contributed by atoms with Crippen LogP contribution >= 0.6 is 11.3 Å². The number of benzene rings is 2. The number of hydrogen-bond donors (Lipinski definition) is 1. The molecule has 2 aromatic carbocycles. The first-order valence-corrected chi connectivity index (χ1v) is 9.79. The highest BCUT2D eigenvalue weighted by Gasteiger charge is 2.11. The number of carbonyl (C=O) groups excluding carboxylic acids is 1. The van der Waals surface area contributed by atoms with Crippen molar-refractivity contribution in [3.8, 4) is 22.7 Å². The second-order valence-electron chi connectivity index (χ2n) is 6.10. The van der Waals surface area contributed by atoms with E-state index >= 15 is 0 Å². The van der Waals surface area contributed by atoms with Crippen molar-refractivity contribution in [2.45, 2.75) is 0 Å². The van der Waals surface area contributed by atoms with Crippen molar-refractivity contribution in [2.24, 2.45) is 0 Å². The first kappa shape index (κ1) is 18.6. The highest BCUT2D eigenvalue weighted by Crippen LogP contribution is 2.26. The molecule has 29 heavy (non-hydrogen) atoms. The van der Waals surface area contributed by atoms with Crippen LogP contribution in [0.25, 0.3) is 23.0 Å². The molecule has 4 aromatic rings. The molecule has 1 N–H and O–H groups in total. The van der Waals surface area contributed by atoms with Crippen LogP contribution < -0.4 is 10.1 Å². The van der Waals surface area contributed by atoms with Gasteiger partial charge in [-0.2, -0.15) is 5.10 Å². The standard InChI is InChI=1S/C22H18N4O2S/c1-28-19-10-7-16(8-11-19)21-17(9-12-20(27)24-22-23-13-14-29-22)15-26(25-21)18-5-3-2-4-6-18/h2-15H,1H3,(H,23,24,27)/b12-9+. The molecule has 0 radical (unpaired) electrons. The molecule has 4 rings (SSSR count). The second kappa shape index (κ2) is 8.53. The van der Waals surface area contributed by atoms with Gasteiger partial charge in [0.2, 0.25) is 5.91 Å². The van der Waals surface area contributed by atoms with Crippen molar-refractivity contribution in [2.75, 3.05) is 12.4 Å². The number of hydrogen-bond acceptors (Lipinski definition) is 5. The largest absolute Gasteiger partial charge is 0.497 e. The van der Waals surface area contributed by atoms with E-state index in [1.54, 1.807) is 24.1 Å². The van der Waals surface area contributed by atoms with E-state index in [0.717, 1.165) is 28.3 Å². The predicted molar refractivity (Wildman–Crippen MR) is 115 cm³/mol. The predicted octanol–water partition coefficient (Wildman–Crippen LogP) is 4.66. The summed E-state index contributed by atoms with van der Waals surface area (Å²) >= 11 is 1.37. The first-order chi connectivity index (χ1) is 14.2.